The maximum absolute atomic E-state index is 13.2. The number of carbonyl (C=O) groups is 2. The molecule has 0 spiro atoms. The zero-order chi connectivity index (χ0) is 25.4. The number of rotatable bonds is 11. The zero-order valence-corrected chi connectivity index (χ0v) is 21.0. The van der Waals surface area contributed by atoms with Gasteiger partial charge in [-0.05, 0) is 43.5 Å². The highest BCUT2D eigenvalue weighted by Gasteiger charge is 2.30. The second-order valence-electron chi connectivity index (χ2n) is 8.24. The van der Waals surface area contributed by atoms with Crippen LogP contribution in [0.3, 0.4) is 0 Å². The van der Waals surface area contributed by atoms with Gasteiger partial charge in [-0.3, -0.25) is 14.6 Å². The molecule has 2 aromatic rings. The Morgan fingerprint density at radius 1 is 1.09 bits per heavy atom. The van der Waals surface area contributed by atoms with Gasteiger partial charge in [-0.15, -0.1) is 0 Å². The van der Waals surface area contributed by atoms with Crippen molar-refractivity contribution in [2.45, 2.75) is 53.2 Å². The van der Waals surface area contributed by atoms with Gasteiger partial charge in [0.1, 0.15) is 29.5 Å². The fourth-order valence-corrected chi connectivity index (χ4v) is 3.70. The van der Waals surface area contributed by atoms with Crippen LogP contribution < -0.4 is 14.2 Å². The van der Waals surface area contributed by atoms with E-state index in [1.54, 1.807) is 19.9 Å². The third-order valence-corrected chi connectivity index (χ3v) is 5.36. The summed E-state index contributed by atoms with van der Waals surface area (Å²) in [6.07, 6.45) is 0.629. The first kappa shape index (κ1) is 27.2. The SMILES string of the molecule is COc1ccnc(C(=S)C[C@@H](C)C(=O)O[C@H](C(C)C)[C@H](C)Oc2ccc(F)cc2)c1OC(C)=O. The van der Waals surface area contributed by atoms with Gasteiger partial charge in [0.15, 0.2) is 11.5 Å². The van der Waals surface area contributed by atoms with E-state index in [1.165, 1.54) is 44.5 Å². The van der Waals surface area contributed by atoms with Gasteiger partial charge in [0.2, 0.25) is 0 Å². The quantitative estimate of drug-likeness (QED) is 0.248. The molecule has 1 heterocycles. The van der Waals surface area contributed by atoms with Crippen LogP contribution in [0.5, 0.6) is 17.2 Å². The number of esters is 2. The molecule has 0 saturated carbocycles. The number of carbonyl (C=O) groups excluding carboxylic acids is 2. The largest absolute Gasteiger partial charge is 0.493 e. The van der Waals surface area contributed by atoms with E-state index >= 15 is 0 Å². The first-order valence-electron chi connectivity index (χ1n) is 10.9. The van der Waals surface area contributed by atoms with Gasteiger partial charge < -0.3 is 18.9 Å². The molecule has 0 unspecified atom stereocenters. The van der Waals surface area contributed by atoms with E-state index in [0.29, 0.717) is 16.4 Å². The summed E-state index contributed by atoms with van der Waals surface area (Å²) in [4.78, 5) is 29.0. The molecule has 1 aromatic carbocycles. The first-order chi connectivity index (χ1) is 16.0. The Balaban J connectivity index is 2.09. The minimum Gasteiger partial charge on any atom is -0.493 e. The molecule has 2 rings (SSSR count). The topological polar surface area (TPSA) is 84.0 Å². The van der Waals surface area contributed by atoms with Crippen molar-refractivity contribution in [3.05, 3.63) is 48.0 Å². The molecule has 0 radical (unpaired) electrons. The number of aromatic nitrogens is 1. The molecule has 0 aliphatic heterocycles. The summed E-state index contributed by atoms with van der Waals surface area (Å²) in [5.41, 5.74) is 0.262. The molecule has 0 aliphatic carbocycles. The summed E-state index contributed by atoms with van der Waals surface area (Å²) in [7, 11) is 1.44. The van der Waals surface area contributed by atoms with Crippen LogP contribution >= 0.6 is 12.2 Å². The Morgan fingerprint density at radius 2 is 1.74 bits per heavy atom. The van der Waals surface area contributed by atoms with Crippen LogP contribution in [0.4, 0.5) is 4.39 Å². The van der Waals surface area contributed by atoms with Gasteiger partial charge in [0, 0.05) is 24.1 Å². The van der Waals surface area contributed by atoms with Crippen molar-refractivity contribution < 1.29 is 32.9 Å². The predicted octanol–water partition coefficient (Wildman–Crippen LogP) is 4.93. The molecule has 3 atom stereocenters. The standard InChI is InChI=1S/C25H30FNO6S/c1-14(2)23(16(4)31-19-9-7-18(26)8-10-19)33-25(29)15(3)13-21(34)22-24(32-17(5)28)20(30-6)11-12-27-22/h7-12,14-16,23H,13H2,1-6H3/t15-,16+,23-/m1/s1. The van der Waals surface area contributed by atoms with Crippen LogP contribution in [0, 0.1) is 17.7 Å². The van der Waals surface area contributed by atoms with Gasteiger partial charge in [-0.25, -0.2) is 4.39 Å². The first-order valence-corrected chi connectivity index (χ1v) is 11.3. The second kappa shape index (κ2) is 12.4. The molecule has 184 valence electrons. The Morgan fingerprint density at radius 3 is 2.29 bits per heavy atom. The van der Waals surface area contributed by atoms with E-state index in [0.717, 1.165) is 0 Å². The fraction of sp³-hybridized carbons (Fsp3) is 0.440. The maximum atomic E-state index is 13.2. The minimum absolute atomic E-state index is 0.0332. The number of hydrogen-bond donors (Lipinski definition) is 0. The summed E-state index contributed by atoms with van der Waals surface area (Å²) in [5, 5.41) is 0. The fourth-order valence-electron chi connectivity index (χ4n) is 3.31. The van der Waals surface area contributed by atoms with E-state index in [2.05, 4.69) is 4.98 Å². The predicted molar refractivity (Wildman–Crippen MR) is 129 cm³/mol. The Bertz CT molecular complexity index is 1010. The number of methoxy groups -OCH3 is 1. The van der Waals surface area contributed by atoms with Gasteiger partial charge >= 0.3 is 11.9 Å². The summed E-state index contributed by atoms with van der Waals surface area (Å²) >= 11 is 5.51. The number of hydrogen-bond acceptors (Lipinski definition) is 8. The highest BCUT2D eigenvalue weighted by atomic mass is 32.1. The lowest BCUT2D eigenvalue weighted by Crippen LogP contribution is -2.39. The number of benzene rings is 1. The second-order valence-corrected chi connectivity index (χ2v) is 8.73. The molecule has 0 saturated heterocycles. The molecular weight excluding hydrogens is 461 g/mol. The average Bonchev–Trinajstić information content (AvgIpc) is 2.78. The lowest BCUT2D eigenvalue weighted by Gasteiger charge is -2.29. The lowest BCUT2D eigenvalue weighted by atomic mass is 10.0. The van der Waals surface area contributed by atoms with E-state index in [9.17, 15) is 14.0 Å². The molecule has 1 aromatic heterocycles. The van der Waals surface area contributed by atoms with Crippen molar-refractivity contribution in [2.75, 3.05) is 7.11 Å². The van der Waals surface area contributed by atoms with E-state index in [4.69, 9.17) is 31.2 Å². The van der Waals surface area contributed by atoms with E-state index < -0.39 is 30.1 Å². The average molecular weight is 492 g/mol. The van der Waals surface area contributed by atoms with Crippen molar-refractivity contribution in [2.24, 2.45) is 11.8 Å². The number of nitrogens with zero attached hydrogens (tertiary/aromatic N) is 1. The van der Waals surface area contributed by atoms with Crippen molar-refractivity contribution in [1.29, 1.82) is 0 Å². The molecule has 0 fully saturated rings. The van der Waals surface area contributed by atoms with Crippen LogP contribution in [0.25, 0.3) is 0 Å². The third kappa shape index (κ3) is 7.48. The normalized spacial score (nSPS) is 13.5. The number of pyridine rings is 1. The number of thiocarbonyl (C=S) groups is 1. The lowest BCUT2D eigenvalue weighted by molar-refractivity contribution is -0.160. The van der Waals surface area contributed by atoms with Crippen LogP contribution in [0.15, 0.2) is 36.5 Å². The van der Waals surface area contributed by atoms with Gasteiger partial charge in [0.05, 0.1) is 13.0 Å². The van der Waals surface area contributed by atoms with Gasteiger partial charge in [0.25, 0.3) is 0 Å². The Kier molecular flexibility index (Phi) is 9.92. The van der Waals surface area contributed by atoms with Crippen LogP contribution in [0.1, 0.15) is 46.7 Å². The molecular formula is C25H30FNO6S. The highest BCUT2D eigenvalue weighted by Crippen LogP contribution is 2.31. The molecule has 0 amide bonds. The number of ether oxygens (including phenoxy) is 4. The van der Waals surface area contributed by atoms with Crippen LogP contribution in [0.2, 0.25) is 0 Å². The van der Waals surface area contributed by atoms with Gasteiger partial charge in [-0.2, -0.15) is 0 Å². The third-order valence-electron chi connectivity index (χ3n) is 5.00. The molecule has 0 bridgehead atoms. The zero-order valence-electron chi connectivity index (χ0n) is 20.2. The Hall–Kier alpha value is -3.07. The summed E-state index contributed by atoms with van der Waals surface area (Å²) in [5.74, 6) is -1.08. The molecule has 0 aliphatic rings. The summed E-state index contributed by atoms with van der Waals surface area (Å²) < 4.78 is 35.3. The van der Waals surface area contributed by atoms with E-state index in [1.807, 2.05) is 13.8 Å². The molecule has 9 heteroatoms. The Labute approximate surface area is 204 Å². The molecule has 0 N–H and O–H groups in total. The van der Waals surface area contributed by atoms with Crippen molar-refractivity contribution in [3.63, 3.8) is 0 Å². The highest BCUT2D eigenvalue weighted by molar-refractivity contribution is 7.80. The van der Waals surface area contributed by atoms with Crippen molar-refractivity contribution in [1.82, 2.24) is 4.98 Å². The van der Waals surface area contributed by atoms with Gasteiger partial charge in [-0.1, -0.05) is 33.0 Å². The molecule has 34 heavy (non-hydrogen) atoms. The smallest absolute Gasteiger partial charge is 0.309 e. The van der Waals surface area contributed by atoms with Crippen molar-refractivity contribution >= 4 is 29.0 Å². The summed E-state index contributed by atoms with van der Waals surface area (Å²) in [6.45, 7) is 8.60. The van der Waals surface area contributed by atoms with Crippen molar-refractivity contribution in [3.8, 4) is 17.2 Å². The van der Waals surface area contributed by atoms with Crippen LogP contribution in [-0.2, 0) is 14.3 Å². The minimum atomic E-state index is -0.593. The monoisotopic (exact) mass is 491 g/mol. The molecule has 7 nitrogen and oxygen atoms in total. The maximum Gasteiger partial charge on any atom is 0.309 e. The van der Waals surface area contributed by atoms with E-state index in [-0.39, 0.29) is 29.6 Å². The van der Waals surface area contributed by atoms with Crippen LogP contribution in [-0.4, -0.2) is 41.1 Å². The summed E-state index contributed by atoms with van der Waals surface area (Å²) in [6, 6.07) is 7.20. The number of halogens is 1.